The maximum absolute atomic E-state index is 13.1. The molecular formula is C25H29N7O3S. The lowest BCUT2D eigenvalue weighted by Gasteiger charge is -2.39. The molecule has 2 saturated heterocycles. The SMILES string of the molecule is COc1ncccc1NC(=O)c1csc(C2CCN(C(=O)N3CCN(c4ccccn4)CC3)CC2)n1. The molecule has 188 valence electrons. The molecule has 0 spiro atoms. The van der Waals surface area contributed by atoms with Crippen molar-refractivity contribution in [1.82, 2.24) is 24.8 Å². The molecule has 3 aromatic heterocycles. The van der Waals surface area contributed by atoms with E-state index in [4.69, 9.17) is 4.74 Å². The number of aromatic nitrogens is 3. The van der Waals surface area contributed by atoms with Crippen molar-refractivity contribution in [1.29, 1.82) is 0 Å². The highest BCUT2D eigenvalue weighted by molar-refractivity contribution is 7.10. The molecule has 2 fully saturated rings. The number of ether oxygens (including phenoxy) is 1. The maximum Gasteiger partial charge on any atom is 0.320 e. The second-order valence-corrected chi connectivity index (χ2v) is 9.68. The number of nitrogens with one attached hydrogen (secondary N) is 1. The molecule has 5 rings (SSSR count). The van der Waals surface area contributed by atoms with Crippen LogP contribution in [0.2, 0.25) is 0 Å². The van der Waals surface area contributed by atoms with E-state index in [2.05, 4.69) is 25.2 Å². The average molecular weight is 508 g/mol. The van der Waals surface area contributed by atoms with Gasteiger partial charge in [0, 0.05) is 63.0 Å². The predicted molar refractivity (Wildman–Crippen MR) is 138 cm³/mol. The third kappa shape index (κ3) is 5.25. The molecule has 3 amide bonds. The van der Waals surface area contributed by atoms with E-state index in [1.165, 1.54) is 18.4 Å². The van der Waals surface area contributed by atoms with Crippen molar-refractivity contribution < 1.29 is 14.3 Å². The fraction of sp³-hybridized carbons (Fsp3) is 0.400. The summed E-state index contributed by atoms with van der Waals surface area (Å²) >= 11 is 1.50. The summed E-state index contributed by atoms with van der Waals surface area (Å²) in [7, 11) is 1.51. The zero-order valence-corrected chi connectivity index (χ0v) is 21.0. The topological polar surface area (TPSA) is 104 Å². The average Bonchev–Trinajstić information content (AvgIpc) is 3.44. The van der Waals surface area contributed by atoms with Gasteiger partial charge in [0.15, 0.2) is 0 Å². The fourth-order valence-corrected chi connectivity index (χ4v) is 5.57. The molecule has 0 aliphatic carbocycles. The third-order valence-electron chi connectivity index (χ3n) is 6.61. The minimum atomic E-state index is -0.291. The second-order valence-electron chi connectivity index (χ2n) is 8.79. The Bertz CT molecular complexity index is 1190. The molecule has 3 aromatic rings. The van der Waals surface area contributed by atoms with Gasteiger partial charge in [0.1, 0.15) is 17.2 Å². The van der Waals surface area contributed by atoms with Crippen LogP contribution in [-0.4, -0.2) is 83.1 Å². The van der Waals surface area contributed by atoms with E-state index in [9.17, 15) is 9.59 Å². The number of anilines is 2. The van der Waals surface area contributed by atoms with Gasteiger partial charge in [0.05, 0.1) is 12.1 Å². The van der Waals surface area contributed by atoms with Gasteiger partial charge in [0.2, 0.25) is 5.88 Å². The highest BCUT2D eigenvalue weighted by Crippen LogP contribution is 2.31. The minimum Gasteiger partial charge on any atom is -0.480 e. The number of carbonyl (C=O) groups is 2. The molecule has 1 N–H and O–H groups in total. The number of pyridine rings is 2. The normalized spacial score (nSPS) is 16.6. The Kier molecular flexibility index (Phi) is 7.26. The fourth-order valence-electron chi connectivity index (χ4n) is 4.60. The first-order valence-electron chi connectivity index (χ1n) is 12.1. The molecule has 2 aliphatic heterocycles. The Hall–Kier alpha value is -3.73. The van der Waals surface area contributed by atoms with Crippen LogP contribution in [0, 0.1) is 0 Å². The molecular weight excluding hydrogens is 478 g/mol. The van der Waals surface area contributed by atoms with E-state index >= 15 is 0 Å². The number of rotatable bonds is 5. The van der Waals surface area contributed by atoms with Crippen LogP contribution in [0.3, 0.4) is 0 Å². The summed E-state index contributed by atoms with van der Waals surface area (Å²) in [5.41, 5.74) is 0.887. The summed E-state index contributed by atoms with van der Waals surface area (Å²) in [4.78, 5) is 45.0. The number of methoxy groups -OCH3 is 1. The van der Waals surface area contributed by atoms with Gasteiger partial charge in [-0.25, -0.2) is 19.7 Å². The predicted octanol–water partition coefficient (Wildman–Crippen LogP) is 3.32. The van der Waals surface area contributed by atoms with Gasteiger partial charge in [0.25, 0.3) is 5.91 Å². The standard InChI is InChI=1S/C25H29N7O3S/c1-35-23-19(5-4-10-27-23)28-22(33)20-17-36-24(29-20)18-7-11-31(12-8-18)25(34)32-15-13-30(14-16-32)21-6-2-3-9-26-21/h2-6,9-10,17-18H,7-8,11-16H2,1H3,(H,28,33). The maximum atomic E-state index is 13.1. The summed E-state index contributed by atoms with van der Waals surface area (Å²) in [5.74, 6) is 1.27. The Balaban J connectivity index is 1.11. The number of piperazine rings is 1. The summed E-state index contributed by atoms with van der Waals surface area (Å²) in [6.07, 6.45) is 5.08. The van der Waals surface area contributed by atoms with Crippen molar-refractivity contribution in [2.24, 2.45) is 0 Å². The van der Waals surface area contributed by atoms with Crippen molar-refractivity contribution >= 4 is 34.8 Å². The van der Waals surface area contributed by atoms with E-state index in [1.807, 2.05) is 28.0 Å². The van der Waals surface area contributed by atoms with Crippen LogP contribution in [-0.2, 0) is 0 Å². The minimum absolute atomic E-state index is 0.110. The molecule has 2 aliphatic rings. The molecule has 36 heavy (non-hydrogen) atoms. The lowest BCUT2D eigenvalue weighted by molar-refractivity contribution is 0.102. The van der Waals surface area contributed by atoms with Crippen LogP contribution in [0.5, 0.6) is 5.88 Å². The third-order valence-corrected chi connectivity index (χ3v) is 7.61. The van der Waals surface area contributed by atoms with Crippen LogP contribution >= 0.6 is 11.3 Å². The molecule has 5 heterocycles. The number of carbonyl (C=O) groups excluding carboxylic acids is 2. The first-order valence-corrected chi connectivity index (χ1v) is 13.0. The number of piperidine rings is 1. The number of urea groups is 1. The van der Waals surface area contributed by atoms with Crippen molar-refractivity contribution in [3.05, 3.63) is 58.8 Å². The Labute approximate surface area is 213 Å². The smallest absolute Gasteiger partial charge is 0.320 e. The van der Waals surface area contributed by atoms with E-state index in [-0.39, 0.29) is 17.9 Å². The van der Waals surface area contributed by atoms with Gasteiger partial charge in [-0.2, -0.15) is 0 Å². The van der Waals surface area contributed by atoms with E-state index < -0.39 is 0 Å². The summed E-state index contributed by atoms with van der Waals surface area (Å²) in [6.45, 7) is 4.35. The summed E-state index contributed by atoms with van der Waals surface area (Å²) < 4.78 is 5.20. The molecule has 11 heteroatoms. The highest BCUT2D eigenvalue weighted by Gasteiger charge is 2.30. The summed E-state index contributed by atoms with van der Waals surface area (Å²) in [6, 6.07) is 9.49. The van der Waals surface area contributed by atoms with E-state index in [0.29, 0.717) is 43.4 Å². The molecule has 0 atom stereocenters. The quantitative estimate of drug-likeness (QED) is 0.565. The van der Waals surface area contributed by atoms with Crippen LogP contribution in [0.15, 0.2) is 48.1 Å². The van der Waals surface area contributed by atoms with Gasteiger partial charge in [-0.05, 0) is 37.1 Å². The van der Waals surface area contributed by atoms with E-state index in [0.717, 1.165) is 36.8 Å². The lowest BCUT2D eigenvalue weighted by Crippen LogP contribution is -2.54. The van der Waals surface area contributed by atoms with Crippen molar-refractivity contribution in [2.75, 3.05) is 56.6 Å². The number of hydrogen-bond acceptors (Lipinski definition) is 8. The van der Waals surface area contributed by atoms with Gasteiger partial charge in [-0.1, -0.05) is 6.07 Å². The Morgan fingerprint density at radius 1 is 0.972 bits per heavy atom. The number of likely N-dealkylation sites (tertiary alicyclic amines) is 1. The van der Waals surface area contributed by atoms with Gasteiger partial charge >= 0.3 is 6.03 Å². The molecule has 0 aromatic carbocycles. The molecule has 10 nitrogen and oxygen atoms in total. The largest absolute Gasteiger partial charge is 0.480 e. The highest BCUT2D eigenvalue weighted by atomic mass is 32.1. The molecule has 0 bridgehead atoms. The first-order chi connectivity index (χ1) is 17.6. The van der Waals surface area contributed by atoms with Gasteiger partial charge in [-0.3, -0.25) is 4.79 Å². The zero-order valence-electron chi connectivity index (χ0n) is 20.2. The number of amides is 3. The van der Waals surface area contributed by atoms with Crippen LogP contribution in [0.1, 0.15) is 34.3 Å². The number of thiazole rings is 1. The van der Waals surface area contributed by atoms with Crippen LogP contribution < -0.4 is 15.0 Å². The van der Waals surface area contributed by atoms with Crippen LogP contribution in [0.4, 0.5) is 16.3 Å². The molecule has 0 unspecified atom stereocenters. The molecule has 0 saturated carbocycles. The summed E-state index contributed by atoms with van der Waals surface area (Å²) in [5, 5.41) is 5.54. The number of hydrogen-bond donors (Lipinski definition) is 1. The zero-order chi connectivity index (χ0) is 24.9. The number of nitrogens with zero attached hydrogens (tertiary/aromatic N) is 6. The van der Waals surface area contributed by atoms with Crippen LogP contribution in [0.25, 0.3) is 0 Å². The first kappa shape index (κ1) is 24.0. The van der Waals surface area contributed by atoms with Gasteiger partial charge < -0.3 is 24.8 Å². The van der Waals surface area contributed by atoms with Crippen molar-refractivity contribution in [3.63, 3.8) is 0 Å². The van der Waals surface area contributed by atoms with Gasteiger partial charge in [-0.15, -0.1) is 11.3 Å². The Morgan fingerprint density at radius 3 is 2.44 bits per heavy atom. The van der Waals surface area contributed by atoms with Crippen molar-refractivity contribution in [2.45, 2.75) is 18.8 Å². The lowest BCUT2D eigenvalue weighted by atomic mass is 9.98. The second kappa shape index (κ2) is 10.9. The molecule has 0 radical (unpaired) electrons. The monoisotopic (exact) mass is 507 g/mol. The Morgan fingerprint density at radius 2 is 1.72 bits per heavy atom. The van der Waals surface area contributed by atoms with Crippen molar-refractivity contribution in [3.8, 4) is 5.88 Å². The van der Waals surface area contributed by atoms with E-state index in [1.54, 1.807) is 29.9 Å².